The number of nitro benzene ring substituents is 1. The Hall–Kier alpha value is -2.42. The van der Waals surface area contributed by atoms with Gasteiger partial charge >= 0.3 is 0 Å². The normalized spacial score (nSPS) is 10.3. The molecule has 0 unspecified atom stereocenters. The summed E-state index contributed by atoms with van der Waals surface area (Å²) in [5.74, 6) is 0.277. The van der Waals surface area contributed by atoms with Crippen LogP contribution in [0.5, 0.6) is 0 Å². The maximum absolute atomic E-state index is 12.6. The van der Waals surface area contributed by atoms with Crippen molar-refractivity contribution in [2.45, 2.75) is 33.6 Å². The van der Waals surface area contributed by atoms with Gasteiger partial charge in [0.1, 0.15) is 0 Å². The van der Waals surface area contributed by atoms with Crippen LogP contribution in [0.25, 0.3) is 0 Å². The number of hydrogen-bond donors (Lipinski definition) is 0. The number of carbonyl (C=O) groups excluding carboxylic acids is 1. The van der Waals surface area contributed by atoms with E-state index < -0.39 is 4.92 Å². The van der Waals surface area contributed by atoms with E-state index in [-0.39, 0.29) is 18.0 Å². The molecule has 0 bridgehead atoms. The van der Waals surface area contributed by atoms with Gasteiger partial charge in [-0.15, -0.1) is 0 Å². The van der Waals surface area contributed by atoms with Crippen molar-refractivity contribution in [3.63, 3.8) is 0 Å². The quantitative estimate of drug-likeness (QED) is 0.571. The van der Waals surface area contributed by atoms with Crippen molar-refractivity contribution < 1.29 is 9.72 Å². The highest BCUT2D eigenvalue weighted by Crippen LogP contribution is 2.19. The molecule has 0 heterocycles. The summed E-state index contributed by atoms with van der Waals surface area (Å²) >= 11 is 0. The van der Waals surface area contributed by atoms with Crippen LogP contribution in [0.1, 0.15) is 42.6 Å². The van der Waals surface area contributed by atoms with Crippen molar-refractivity contribution in [3.05, 3.63) is 39.4 Å². The van der Waals surface area contributed by atoms with E-state index in [4.69, 9.17) is 5.26 Å². The largest absolute Gasteiger partial charge is 0.338 e. The average Bonchev–Trinajstić information content (AvgIpc) is 2.46. The van der Waals surface area contributed by atoms with Gasteiger partial charge in [0.05, 0.1) is 17.4 Å². The number of aryl methyl sites for hydroxylation is 1. The van der Waals surface area contributed by atoms with Crippen molar-refractivity contribution in [2.75, 3.05) is 13.1 Å². The lowest BCUT2D eigenvalue weighted by molar-refractivity contribution is -0.384. The molecule has 0 aliphatic heterocycles. The number of rotatable bonds is 7. The van der Waals surface area contributed by atoms with Crippen molar-refractivity contribution in [2.24, 2.45) is 5.92 Å². The number of non-ortho nitro benzene ring substituents is 1. The SMILES string of the molecule is Cc1cc([N+](=O)[O-])ccc1C(=O)N(CCC#N)CCC(C)C. The first kappa shape index (κ1) is 17.6. The van der Waals surface area contributed by atoms with E-state index in [9.17, 15) is 14.9 Å². The molecule has 0 atom stereocenters. The Morgan fingerprint density at radius 3 is 2.59 bits per heavy atom. The second-order valence-electron chi connectivity index (χ2n) is 5.64. The Balaban J connectivity index is 2.97. The summed E-state index contributed by atoms with van der Waals surface area (Å²) in [6.45, 7) is 6.78. The fourth-order valence-corrected chi connectivity index (χ4v) is 2.09. The van der Waals surface area contributed by atoms with Gasteiger partial charge in [-0.1, -0.05) is 13.8 Å². The zero-order valence-corrected chi connectivity index (χ0v) is 13.2. The lowest BCUT2D eigenvalue weighted by Crippen LogP contribution is -2.33. The van der Waals surface area contributed by atoms with Crippen LogP contribution >= 0.6 is 0 Å². The van der Waals surface area contributed by atoms with Gasteiger partial charge in [0.15, 0.2) is 0 Å². The molecule has 1 amide bonds. The van der Waals surface area contributed by atoms with Crippen LogP contribution in [-0.4, -0.2) is 28.8 Å². The van der Waals surface area contributed by atoms with Crippen molar-refractivity contribution in [1.82, 2.24) is 4.90 Å². The van der Waals surface area contributed by atoms with Crippen LogP contribution in [0.2, 0.25) is 0 Å². The van der Waals surface area contributed by atoms with E-state index >= 15 is 0 Å². The molecule has 0 fully saturated rings. The van der Waals surface area contributed by atoms with Crippen LogP contribution in [0.15, 0.2) is 18.2 Å². The summed E-state index contributed by atoms with van der Waals surface area (Å²) in [5, 5.41) is 19.5. The third kappa shape index (κ3) is 4.85. The van der Waals surface area contributed by atoms with E-state index in [1.54, 1.807) is 11.8 Å². The Morgan fingerprint density at radius 2 is 2.09 bits per heavy atom. The van der Waals surface area contributed by atoms with E-state index in [0.29, 0.717) is 30.1 Å². The molecule has 118 valence electrons. The first-order chi connectivity index (χ1) is 10.4. The second-order valence-corrected chi connectivity index (χ2v) is 5.64. The maximum atomic E-state index is 12.6. The van der Waals surface area contributed by atoms with E-state index in [0.717, 1.165) is 6.42 Å². The van der Waals surface area contributed by atoms with Crippen LogP contribution in [0, 0.1) is 34.3 Å². The zero-order valence-electron chi connectivity index (χ0n) is 13.2. The molecule has 1 aromatic carbocycles. The summed E-state index contributed by atoms with van der Waals surface area (Å²) in [5.41, 5.74) is 0.998. The first-order valence-corrected chi connectivity index (χ1v) is 7.28. The number of carbonyl (C=O) groups is 1. The molecule has 0 aliphatic rings. The van der Waals surface area contributed by atoms with Gasteiger partial charge in [0, 0.05) is 30.8 Å². The highest BCUT2D eigenvalue weighted by Gasteiger charge is 2.19. The van der Waals surface area contributed by atoms with E-state index in [2.05, 4.69) is 13.8 Å². The second kappa shape index (κ2) is 8.13. The molecule has 0 spiro atoms. The highest BCUT2D eigenvalue weighted by atomic mass is 16.6. The van der Waals surface area contributed by atoms with Crippen molar-refractivity contribution in [3.8, 4) is 6.07 Å². The maximum Gasteiger partial charge on any atom is 0.269 e. The predicted octanol–water partition coefficient (Wildman–Crippen LogP) is 3.31. The number of nitrogens with zero attached hydrogens (tertiary/aromatic N) is 3. The molecule has 1 aromatic rings. The first-order valence-electron chi connectivity index (χ1n) is 7.28. The number of nitriles is 1. The van der Waals surface area contributed by atoms with Gasteiger partial charge in [-0.05, 0) is 30.9 Å². The van der Waals surface area contributed by atoms with Gasteiger partial charge in [0.2, 0.25) is 0 Å². The van der Waals surface area contributed by atoms with Crippen molar-refractivity contribution in [1.29, 1.82) is 5.26 Å². The van der Waals surface area contributed by atoms with Crippen LogP contribution in [0.4, 0.5) is 5.69 Å². The molecule has 0 saturated carbocycles. The molecule has 0 aromatic heterocycles. The highest BCUT2D eigenvalue weighted by molar-refractivity contribution is 5.96. The molecule has 6 nitrogen and oxygen atoms in total. The minimum atomic E-state index is -0.479. The number of amides is 1. The Kier molecular flexibility index (Phi) is 6.51. The monoisotopic (exact) mass is 303 g/mol. The molecule has 6 heteroatoms. The van der Waals surface area contributed by atoms with E-state index in [1.807, 2.05) is 6.07 Å². The number of hydrogen-bond acceptors (Lipinski definition) is 4. The molecular formula is C16H21N3O3. The van der Waals surface area contributed by atoms with Gasteiger partial charge in [-0.25, -0.2) is 0 Å². The van der Waals surface area contributed by atoms with Crippen LogP contribution < -0.4 is 0 Å². The van der Waals surface area contributed by atoms with Crippen LogP contribution in [-0.2, 0) is 0 Å². The molecule has 1 rings (SSSR count). The Morgan fingerprint density at radius 1 is 1.41 bits per heavy atom. The topological polar surface area (TPSA) is 87.2 Å². The van der Waals surface area contributed by atoms with Crippen LogP contribution in [0.3, 0.4) is 0 Å². The van der Waals surface area contributed by atoms with Gasteiger partial charge in [-0.2, -0.15) is 5.26 Å². The smallest absolute Gasteiger partial charge is 0.269 e. The molecule has 0 radical (unpaired) electrons. The lowest BCUT2D eigenvalue weighted by Gasteiger charge is -2.23. The fraction of sp³-hybridized carbons (Fsp3) is 0.500. The summed E-state index contributed by atoms with van der Waals surface area (Å²) in [6, 6.07) is 6.28. The summed E-state index contributed by atoms with van der Waals surface area (Å²) in [4.78, 5) is 24.5. The molecular weight excluding hydrogens is 282 g/mol. The average molecular weight is 303 g/mol. The molecule has 0 aliphatic carbocycles. The zero-order chi connectivity index (χ0) is 16.7. The van der Waals surface area contributed by atoms with Crippen molar-refractivity contribution >= 4 is 11.6 Å². The Bertz CT molecular complexity index is 591. The number of benzene rings is 1. The van der Waals surface area contributed by atoms with Gasteiger partial charge < -0.3 is 4.90 Å². The third-order valence-corrected chi connectivity index (χ3v) is 3.41. The molecule has 22 heavy (non-hydrogen) atoms. The Labute approximate surface area is 130 Å². The standard InChI is InChI=1S/C16H21N3O3/c1-12(2)7-10-18(9-4-8-17)16(20)15-6-5-14(19(21)22)11-13(15)3/h5-6,11-12H,4,7,9-10H2,1-3H3. The summed E-state index contributed by atoms with van der Waals surface area (Å²) < 4.78 is 0. The van der Waals surface area contributed by atoms with E-state index in [1.165, 1.54) is 18.2 Å². The number of nitro groups is 1. The van der Waals surface area contributed by atoms with Gasteiger partial charge in [0.25, 0.3) is 11.6 Å². The predicted molar refractivity (Wildman–Crippen MR) is 83.4 cm³/mol. The minimum absolute atomic E-state index is 0.0280. The van der Waals surface area contributed by atoms with Gasteiger partial charge in [-0.3, -0.25) is 14.9 Å². The molecule has 0 saturated heterocycles. The lowest BCUT2D eigenvalue weighted by atomic mass is 10.1. The summed E-state index contributed by atoms with van der Waals surface area (Å²) in [6.07, 6.45) is 1.12. The third-order valence-electron chi connectivity index (χ3n) is 3.41. The molecule has 0 N–H and O–H groups in total. The fourth-order valence-electron chi connectivity index (χ4n) is 2.09. The summed E-state index contributed by atoms with van der Waals surface area (Å²) in [7, 11) is 0. The minimum Gasteiger partial charge on any atom is -0.338 e.